The Hall–Kier alpha value is -2.63. The molecule has 1 atom stereocenters. The number of aliphatic carboxylic acids is 1. The van der Waals surface area contributed by atoms with E-state index < -0.39 is 5.97 Å². The first-order chi connectivity index (χ1) is 13.6. The van der Waals surface area contributed by atoms with Crippen LogP contribution in [0.15, 0.2) is 60.8 Å². The molecule has 0 saturated carbocycles. The third-order valence-electron chi connectivity index (χ3n) is 5.17. The molecule has 1 heterocycles. The van der Waals surface area contributed by atoms with Crippen molar-refractivity contribution in [3.63, 3.8) is 0 Å². The van der Waals surface area contributed by atoms with Crippen LogP contribution in [0.25, 0.3) is 5.57 Å². The van der Waals surface area contributed by atoms with E-state index in [1.165, 1.54) is 5.56 Å². The number of rotatable bonds is 8. The highest BCUT2D eigenvalue weighted by atomic mass is 16.6. The second-order valence-corrected chi connectivity index (χ2v) is 7.18. The molecule has 5 nitrogen and oxygen atoms in total. The Morgan fingerprint density at radius 3 is 2.71 bits per heavy atom. The Morgan fingerprint density at radius 1 is 1.21 bits per heavy atom. The standard InChI is InChI=1S/C23H28N2O3/c1-18-8-5-6-12-21(18)22(19-9-3-2-4-10-19)16-24-28-15-14-25-13-7-11-20(17-25)23(26)27/h2-6,8-10,12,16,20,24H,7,11,13-15,17H2,1H3,(H,26,27)/t20-/m1/s1. The van der Waals surface area contributed by atoms with Crippen molar-refractivity contribution in [2.45, 2.75) is 19.8 Å². The molecular weight excluding hydrogens is 352 g/mol. The van der Waals surface area contributed by atoms with Gasteiger partial charge in [0.05, 0.1) is 12.5 Å². The maximum Gasteiger partial charge on any atom is 0.307 e. The highest BCUT2D eigenvalue weighted by Crippen LogP contribution is 2.25. The lowest BCUT2D eigenvalue weighted by atomic mass is 9.95. The topological polar surface area (TPSA) is 61.8 Å². The number of nitrogens with one attached hydrogen (secondary N) is 1. The predicted molar refractivity (Wildman–Crippen MR) is 111 cm³/mol. The largest absolute Gasteiger partial charge is 0.481 e. The summed E-state index contributed by atoms with van der Waals surface area (Å²) in [6, 6.07) is 18.5. The van der Waals surface area contributed by atoms with E-state index >= 15 is 0 Å². The van der Waals surface area contributed by atoms with Gasteiger partial charge in [-0.15, -0.1) is 0 Å². The van der Waals surface area contributed by atoms with Gasteiger partial charge in [-0.2, -0.15) is 0 Å². The van der Waals surface area contributed by atoms with Gasteiger partial charge in [0.1, 0.15) is 0 Å². The molecule has 2 aromatic carbocycles. The van der Waals surface area contributed by atoms with Crippen molar-refractivity contribution < 1.29 is 14.7 Å². The Labute approximate surface area is 166 Å². The van der Waals surface area contributed by atoms with Gasteiger partial charge in [0.15, 0.2) is 0 Å². The minimum Gasteiger partial charge on any atom is -0.481 e. The monoisotopic (exact) mass is 380 g/mol. The molecule has 5 heteroatoms. The highest BCUT2D eigenvalue weighted by Gasteiger charge is 2.24. The fraction of sp³-hybridized carbons (Fsp3) is 0.348. The van der Waals surface area contributed by atoms with Crippen molar-refractivity contribution in [3.8, 4) is 0 Å². The van der Waals surface area contributed by atoms with Gasteiger partial charge in [-0.05, 0) is 43.0 Å². The van der Waals surface area contributed by atoms with E-state index in [1.807, 2.05) is 36.5 Å². The van der Waals surface area contributed by atoms with E-state index in [-0.39, 0.29) is 5.92 Å². The zero-order valence-corrected chi connectivity index (χ0v) is 16.3. The quantitative estimate of drug-likeness (QED) is 0.540. The molecule has 1 aliphatic rings. The molecule has 3 rings (SSSR count). The third kappa shape index (κ3) is 5.44. The van der Waals surface area contributed by atoms with Crippen LogP contribution in [0.1, 0.15) is 29.5 Å². The van der Waals surface area contributed by atoms with E-state index in [1.54, 1.807) is 0 Å². The van der Waals surface area contributed by atoms with Crippen LogP contribution in [-0.2, 0) is 9.63 Å². The maximum atomic E-state index is 11.2. The van der Waals surface area contributed by atoms with Gasteiger partial charge < -0.3 is 10.0 Å². The molecule has 0 bridgehead atoms. The normalized spacial score (nSPS) is 18.0. The summed E-state index contributed by atoms with van der Waals surface area (Å²) >= 11 is 0. The van der Waals surface area contributed by atoms with Crippen molar-refractivity contribution in [1.29, 1.82) is 0 Å². The van der Waals surface area contributed by atoms with Crippen molar-refractivity contribution >= 4 is 11.5 Å². The van der Waals surface area contributed by atoms with Crippen LogP contribution < -0.4 is 5.48 Å². The van der Waals surface area contributed by atoms with Crippen LogP contribution in [0.5, 0.6) is 0 Å². The van der Waals surface area contributed by atoms with Crippen LogP contribution in [0.2, 0.25) is 0 Å². The number of nitrogens with zero attached hydrogens (tertiary/aromatic N) is 1. The van der Waals surface area contributed by atoms with E-state index in [0.717, 1.165) is 42.6 Å². The summed E-state index contributed by atoms with van der Waals surface area (Å²) in [5.41, 5.74) is 7.53. The molecule has 0 spiro atoms. The average Bonchev–Trinajstić information content (AvgIpc) is 2.72. The Bertz CT molecular complexity index is 805. The van der Waals surface area contributed by atoms with Crippen molar-refractivity contribution in [2.75, 3.05) is 26.2 Å². The van der Waals surface area contributed by atoms with Crippen LogP contribution in [0.3, 0.4) is 0 Å². The highest BCUT2D eigenvalue weighted by molar-refractivity contribution is 5.81. The fourth-order valence-electron chi connectivity index (χ4n) is 3.60. The van der Waals surface area contributed by atoms with Gasteiger partial charge in [0.2, 0.25) is 0 Å². The number of carboxylic acid groups (broad SMARTS) is 1. The third-order valence-corrected chi connectivity index (χ3v) is 5.17. The lowest BCUT2D eigenvalue weighted by molar-refractivity contribution is -0.143. The summed E-state index contributed by atoms with van der Waals surface area (Å²) in [6.45, 7) is 4.85. The average molecular weight is 380 g/mol. The van der Waals surface area contributed by atoms with Gasteiger partial charge >= 0.3 is 5.97 Å². The lowest BCUT2D eigenvalue weighted by Gasteiger charge is -2.30. The minimum absolute atomic E-state index is 0.257. The van der Waals surface area contributed by atoms with Gasteiger partial charge in [-0.1, -0.05) is 54.6 Å². The summed E-state index contributed by atoms with van der Waals surface area (Å²) in [7, 11) is 0. The summed E-state index contributed by atoms with van der Waals surface area (Å²) in [5.74, 6) is -0.954. The molecule has 28 heavy (non-hydrogen) atoms. The Kier molecular flexibility index (Phi) is 7.23. The molecule has 1 saturated heterocycles. The lowest BCUT2D eigenvalue weighted by Crippen LogP contribution is -2.40. The molecule has 0 aliphatic carbocycles. The number of hydroxylamine groups is 1. The molecule has 0 radical (unpaired) electrons. The first-order valence-corrected chi connectivity index (χ1v) is 9.79. The first-order valence-electron chi connectivity index (χ1n) is 9.79. The fourth-order valence-corrected chi connectivity index (χ4v) is 3.60. The molecule has 0 unspecified atom stereocenters. The zero-order chi connectivity index (χ0) is 19.8. The molecule has 0 amide bonds. The van der Waals surface area contributed by atoms with Gasteiger partial charge in [-0.25, -0.2) is 0 Å². The number of hydrogen-bond donors (Lipinski definition) is 2. The molecule has 0 aromatic heterocycles. The maximum absolute atomic E-state index is 11.2. The van der Waals surface area contributed by atoms with Crippen LogP contribution in [-0.4, -0.2) is 42.2 Å². The van der Waals surface area contributed by atoms with Crippen LogP contribution in [0.4, 0.5) is 0 Å². The number of hydrogen-bond acceptors (Lipinski definition) is 4. The predicted octanol–water partition coefficient (Wildman–Crippen LogP) is 3.70. The van der Waals surface area contributed by atoms with E-state index in [0.29, 0.717) is 13.2 Å². The van der Waals surface area contributed by atoms with E-state index in [9.17, 15) is 9.90 Å². The molecule has 2 aromatic rings. The molecule has 2 N–H and O–H groups in total. The number of likely N-dealkylation sites (tertiary alicyclic amines) is 1. The van der Waals surface area contributed by atoms with Crippen LogP contribution >= 0.6 is 0 Å². The summed E-state index contributed by atoms with van der Waals surface area (Å²) in [5, 5.41) is 9.19. The number of piperidine rings is 1. The zero-order valence-electron chi connectivity index (χ0n) is 16.3. The van der Waals surface area contributed by atoms with E-state index in [4.69, 9.17) is 4.84 Å². The van der Waals surface area contributed by atoms with Crippen molar-refractivity contribution in [3.05, 3.63) is 77.5 Å². The summed E-state index contributed by atoms with van der Waals surface area (Å²) in [6.07, 6.45) is 3.59. The molecular formula is C23H28N2O3. The SMILES string of the molecule is Cc1ccccc1C(=CNOCCN1CCC[C@@H](C(=O)O)C1)c1ccccc1. The van der Waals surface area contributed by atoms with Crippen molar-refractivity contribution in [1.82, 2.24) is 10.4 Å². The Balaban J connectivity index is 1.58. The second-order valence-electron chi connectivity index (χ2n) is 7.18. The number of benzene rings is 2. The number of aryl methyl sites for hydroxylation is 1. The summed E-state index contributed by atoms with van der Waals surface area (Å²) in [4.78, 5) is 19.0. The number of carboxylic acids is 1. The van der Waals surface area contributed by atoms with E-state index in [2.05, 4.69) is 41.6 Å². The Morgan fingerprint density at radius 2 is 1.96 bits per heavy atom. The summed E-state index contributed by atoms with van der Waals surface area (Å²) < 4.78 is 0. The first kappa shape index (κ1) is 20.1. The minimum atomic E-state index is -0.697. The van der Waals surface area contributed by atoms with Crippen molar-refractivity contribution in [2.24, 2.45) is 5.92 Å². The van der Waals surface area contributed by atoms with Crippen LogP contribution in [0, 0.1) is 12.8 Å². The molecule has 1 fully saturated rings. The second kappa shape index (κ2) is 10.1. The van der Waals surface area contributed by atoms with Gasteiger partial charge in [0.25, 0.3) is 0 Å². The number of carbonyl (C=O) groups is 1. The van der Waals surface area contributed by atoms with Gasteiger partial charge in [0, 0.05) is 24.9 Å². The van der Waals surface area contributed by atoms with Gasteiger partial charge in [-0.3, -0.25) is 15.1 Å². The smallest absolute Gasteiger partial charge is 0.307 e. The molecule has 1 aliphatic heterocycles. The molecule has 148 valence electrons.